The summed E-state index contributed by atoms with van der Waals surface area (Å²) in [6, 6.07) is 12.5. The van der Waals surface area contributed by atoms with Crippen LogP contribution in [0, 0.1) is 0 Å². The first-order valence-electron chi connectivity index (χ1n) is 7.69. The third kappa shape index (κ3) is 2.55. The second kappa shape index (κ2) is 5.77. The number of hydrogen-bond donors (Lipinski definition) is 1. The van der Waals surface area contributed by atoms with Crippen LogP contribution in [0.3, 0.4) is 0 Å². The molecule has 0 saturated carbocycles. The maximum Gasteiger partial charge on any atom is 0.0924 e. The van der Waals surface area contributed by atoms with Crippen molar-refractivity contribution < 1.29 is 0 Å². The maximum absolute atomic E-state index is 4.38. The number of nitrogens with zero attached hydrogens (tertiary/aromatic N) is 4. The van der Waals surface area contributed by atoms with E-state index in [1.54, 1.807) is 0 Å². The first kappa shape index (κ1) is 13.3. The predicted molar refractivity (Wildman–Crippen MR) is 87.8 cm³/mol. The van der Waals surface area contributed by atoms with E-state index in [0.717, 1.165) is 38.2 Å². The van der Waals surface area contributed by atoms with Crippen molar-refractivity contribution in [3.05, 3.63) is 54.5 Å². The zero-order valence-electron chi connectivity index (χ0n) is 12.4. The molecular formula is C17H19N5. The Bertz CT molecular complexity index is 744. The van der Waals surface area contributed by atoms with Gasteiger partial charge in [0.2, 0.25) is 0 Å². The zero-order chi connectivity index (χ0) is 14.8. The van der Waals surface area contributed by atoms with Crippen molar-refractivity contribution in [3.8, 4) is 0 Å². The molecule has 1 aromatic carbocycles. The first-order chi connectivity index (χ1) is 10.9. The molecule has 2 aromatic heterocycles. The van der Waals surface area contributed by atoms with Gasteiger partial charge in [0.05, 0.1) is 11.2 Å². The second-order valence-corrected chi connectivity index (χ2v) is 5.69. The number of pyridine rings is 1. The van der Waals surface area contributed by atoms with Gasteiger partial charge in [0.15, 0.2) is 0 Å². The van der Waals surface area contributed by atoms with E-state index in [4.69, 9.17) is 0 Å². The van der Waals surface area contributed by atoms with E-state index < -0.39 is 0 Å². The molecule has 1 fully saturated rings. The van der Waals surface area contributed by atoms with Gasteiger partial charge in [-0.3, -0.25) is 15.0 Å². The largest absolute Gasteiger partial charge is 0.369 e. The summed E-state index contributed by atoms with van der Waals surface area (Å²) in [7, 11) is 0. The van der Waals surface area contributed by atoms with Gasteiger partial charge in [-0.15, -0.1) is 0 Å². The van der Waals surface area contributed by atoms with E-state index in [9.17, 15) is 0 Å². The molecule has 5 heteroatoms. The standard InChI is InChI=1S/C17H19N5/c1-2-4-16-15(3-1)17(20-19-16)13-21-9-11-22(12-10-21)14-5-7-18-8-6-14/h1-8H,9-13H2,(H,19,20). The van der Waals surface area contributed by atoms with E-state index >= 15 is 0 Å². The number of rotatable bonds is 3. The summed E-state index contributed by atoms with van der Waals surface area (Å²) in [5.41, 5.74) is 3.53. The molecule has 0 aliphatic carbocycles. The Morgan fingerprint density at radius 1 is 0.955 bits per heavy atom. The number of hydrogen-bond acceptors (Lipinski definition) is 4. The molecule has 22 heavy (non-hydrogen) atoms. The third-order valence-electron chi connectivity index (χ3n) is 4.32. The number of benzene rings is 1. The number of fused-ring (bicyclic) bond motifs is 1. The quantitative estimate of drug-likeness (QED) is 0.805. The topological polar surface area (TPSA) is 48.0 Å². The fourth-order valence-corrected chi connectivity index (χ4v) is 3.08. The highest BCUT2D eigenvalue weighted by molar-refractivity contribution is 5.81. The number of nitrogens with one attached hydrogen (secondary N) is 1. The fourth-order valence-electron chi connectivity index (χ4n) is 3.08. The van der Waals surface area contributed by atoms with Crippen LogP contribution < -0.4 is 4.90 Å². The Morgan fingerprint density at radius 2 is 1.73 bits per heavy atom. The molecule has 3 heterocycles. The Labute approximate surface area is 129 Å². The van der Waals surface area contributed by atoms with Gasteiger partial charge in [0, 0.05) is 56.2 Å². The molecule has 0 spiro atoms. The SMILES string of the molecule is c1ccc2c(CN3CCN(c4ccncc4)CC3)[nH]nc2c1. The molecule has 1 aliphatic rings. The lowest BCUT2D eigenvalue weighted by Gasteiger charge is -2.35. The summed E-state index contributed by atoms with van der Waals surface area (Å²) < 4.78 is 0. The molecule has 1 aliphatic heterocycles. The van der Waals surface area contributed by atoms with Gasteiger partial charge < -0.3 is 4.90 Å². The van der Waals surface area contributed by atoms with Crippen molar-refractivity contribution in [3.63, 3.8) is 0 Å². The van der Waals surface area contributed by atoms with Crippen LogP contribution in [0.4, 0.5) is 5.69 Å². The second-order valence-electron chi connectivity index (χ2n) is 5.69. The molecular weight excluding hydrogens is 274 g/mol. The minimum absolute atomic E-state index is 0.935. The number of aromatic amines is 1. The number of piperazine rings is 1. The summed E-state index contributed by atoms with van der Waals surface area (Å²) in [6.45, 7) is 5.17. The van der Waals surface area contributed by atoms with Gasteiger partial charge in [-0.2, -0.15) is 5.10 Å². The van der Waals surface area contributed by atoms with Crippen LogP contribution in [0.15, 0.2) is 48.8 Å². The Hall–Kier alpha value is -2.40. The van der Waals surface area contributed by atoms with Crippen LogP contribution in [0.1, 0.15) is 5.69 Å². The minimum atomic E-state index is 0.935. The third-order valence-corrected chi connectivity index (χ3v) is 4.32. The number of H-pyrrole nitrogens is 1. The average molecular weight is 293 g/mol. The molecule has 112 valence electrons. The van der Waals surface area contributed by atoms with Crippen molar-refractivity contribution in [1.82, 2.24) is 20.1 Å². The normalized spacial score (nSPS) is 16.3. The lowest BCUT2D eigenvalue weighted by molar-refractivity contribution is 0.248. The molecule has 5 nitrogen and oxygen atoms in total. The first-order valence-corrected chi connectivity index (χ1v) is 7.69. The molecule has 1 saturated heterocycles. The molecule has 3 aromatic rings. The van der Waals surface area contributed by atoms with Crippen LogP contribution in [0.5, 0.6) is 0 Å². The van der Waals surface area contributed by atoms with E-state index in [2.05, 4.69) is 55.3 Å². The van der Waals surface area contributed by atoms with Crippen LogP contribution in [-0.4, -0.2) is 46.3 Å². The van der Waals surface area contributed by atoms with Crippen molar-refractivity contribution in [2.24, 2.45) is 0 Å². The lowest BCUT2D eigenvalue weighted by atomic mass is 10.2. The highest BCUT2D eigenvalue weighted by Crippen LogP contribution is 2.19. The zero-order valence-corrected chi connectivity index (χ0v) is 12.4. The Balaban J connectivity index is 1.42. The molecule has 4 rings (SSSR count). The van der Waals surface area contributed by atoms with E-state index in [1.807, 2.05) is 18.5 Å². The summed E-state index contributed by atoms with van der Waals surface area (Å²) in [4.78, 5) is 8.99. The number of anilines is 1. The van der Waals surface area contributed by atoms with Gasteiger partial charge in [0.1, 0.15) is 0 Å². The number of para-hydroxylation sites is 1. The molecule has 0 unspecified atom stereocenters. The molecule has 0 amide bonds. The number of aromatic nitrogens is 3. The van der Waals surface area contributed by atoms with Gasteiger partial charge in [0.25, 0.3) is 0 Å². The van der Waals surface area contributed by atoms with Crippen molar-refractivity contribution in [2.45, 2.75) is 6.54 Å². The average Bonchev–Trinajstić information content (AvgIpc) is 3.00. The van der Waals surface area contributed by atoms with Crippen LogP contribution >= 0.6 is 0 Å². The van der Waals surface area contributed by atoms with Gasteiger partial charge in [-0.1, -0.05) is 18.2 Å². The van der Waals surface area contributed by atoms with Crippen molar-refractivity contribution >= 4 is 16.6 Å². The lowest BCUT2D eigenvalue weighted by Crippen LogP contribution is -2.46. The highest BCUT2D eigenvalue weighted by atomic mass is 15.3. The molecule has 1 N–H and O–H groups in total. The predicted octanol–water partition coefficient (Wildman–Crippen LogP) is 2.28. The monoisotopic (exact) mass is 293 g/mol. The molecule has 0 bridgehead atoms. The highest BCUT2D eigenvalue weighted by Gasteiger charge is 2.18. The minimum Gasteiger partial charge on any atom is -0.369 e. The van der Waals surface area contributed by atoms with Crippen molar-refractivity contribution in [2.75, 3.05) is 31.1 Å². The van der Waals surface area contributed by atoms with E-state index in [1.165, 1.54) is 16.8 Å². The summed E-state index contributed by atoms with van der Waals surface area (Å²) in [6.07, 6.45) is 3.72. The van der Waals surface area contributed by atoms with Gasteiger partial charge in [-0.05, 0) is 18.2 Å². The molecule has 0 radical (unpaired) electrons. The van der Waals surface area contributed by atoms with Crippen LogP contribution in [0.25, 0.3) is 10.9 Å². The van der Waals surface area contributed by atoms with Crippen LogP contribution in [-0.2, 0) is 6.54 Å². The maximum atomic E-state index is 4.38. The van der Waals surface area contributed by atoms with Crippen molar-refractivity contribution in [1.29, 1.82) is 0 Å². The van der Waals surface area contributed by atoms with E-state index in [-0.39, 0.29) is 0 Å². The Morgan fingerprint density at radius 3 is 2.55 bits per heavy atom. The Kier molecular flexibility index (Phi) is 3.48. The van der Waals surface area contributed by atoms with E-state index in [0.29, 0.717) is 0 Å². The summed E-state index contributed by atoms with van der Waals surface area (Å²) >= 11 is 0. The smallest absolute Gasteiger partial charge is 0.0924 e. The fraction of sp³-hybridized carbons (Fsp3) is 0.294. The summed E-state index contributed by atoms with van der Waals surface area (Å²) in [5.74, 6) is 0. The van der Waals surface area contributed by atoms with Gasteiger partial charge >= 0.3 is 0 Å². The summed E-state index contributed by atoms with van der Waals surface area (Å²) in [5, 5.41) is 8.80. The molecule has 0 atom stereocenters. The van der Waals surface area contributed by atoms with Crippen LogP contribution in [0.2, 0.25) is 0 Å². The van der Waals surface area contributed by atoms with Gasteiger partial charge in [-0.25, -0.2) is 0 Å².